The molecule has 7 heteroatoms. The first-order valence-electron chi connectivity index (χ1n) is 7.84. The first-order valence-corrected chi connectivity index (χ1v) is 8.83. The van der Waals surface area contributed by atoms with E-state index in [0.717, 1.165) is 11.3 Å². The Morgan fingerprint density at radius 3 is 2.48 bits per heavy atom. The summed E-state index contributed by atoms with van der Waals surface area (Å²) in [6.07, 6.45) is 0. The van der Waals surface area contributed by atoms with Crippen molar-refractivity contribution in [1.29, 1.82) is 0 Å². The van der Waals surface area contributed by atoms with Gasteiger partial charge in [-0.1, -0.05) is 60.3 Å². The summed E-state index contributed by atoms with van der Waals surface area (Å²) in [5.74, 6) is 0.0197. The van der Waals surface area contributed by atoms with Gasteiger partial charge in [-0.15, -0.1) is 5.10 Å². The molecule has 0 fully saturated rings. The fourth-order valence-corrected chi connectivity index (χ4v) is 3.29. The second kappa shape index (κ2) is 7.85. The van der Waals surface area contributed by atoms with Gasteiger partial charge in [0, 0.05) is 5.69 Å². The van der Waals surface area contributed by atoms with Gasteiger partial charge in [-0.25, -0.2) is 9.89 Å². The van der Waals surface area contributed by atoms with Crippen molar-refractivity contribution in [2.75, 3.05) is 11.1 Å². The Morgan fingerprint density at radius 1 is 1.16 bits per heavy atom. The van der Waals surface area contributed by atoms with E-state index in [1.807, 2.05) is 67.6 Å². The van der Waals surface area contributed by atoms with Crippen molar-refractivity contribution in [2.24, 2.45) is 0 Å². The molecule has 1 amide bonds. The van der Waals surface area contributed by atoms with Crippen LogP contribution in [0.25, 0.3) is 0 Å². The molecule has 3 aromatic rings. The number of para-hydroxylation sites is 1. The van der Waals surface area contributed by atoms with Crippen LogP contribution in [0, 0.1) is 0 Å². The van der Waals surface area contributed by atoms with Crippen LogP contribution in [0.3, 0.4) is 0 Å². The van der Waals surface area contributed by atoms with E-state index in [1.54, 1.807) is 4.57 Å². The number of carbonyl (C=O) groups excluding carboxylic acids is 1. The molecule has 1 atom stereocenters. The standard InChI is InChI=1S/C18H18N4O2S/c1-13(14-8-4-2-5-9-14)22-17(24)20-21-18(22)25-12-16(23)19-15-10-6-3-7-11-15/h2-11,13H,12H2,1H3,(H,19,23)(H,20,24)/t13-/m0/s1. The van der Waals surface area contributed by atoms with Crippen LogP contribution in [0.1, 0.15) is 18.5 Å². The SMILES string of the molecule is C[C@@H](c1ccccc1)n1c(SCC(=O)Nc2ccccc2)n[nH]c1=O. The largest absolute Gasteiger partial charge is 0.344 e. The second-order valence-corrected chi connectivity index (χ2v) is 6.41. The molecule has 0 spiro atoms. The Morgan fingerprint density at radius 2 is 1.80 bits per heavy atom. The highest BCUT2D eigenvalue weighted by atomic mass is 32.2. The van der Waals surface area contributed by atoms with E-state index >= 15 is 0 Å². The van der Waals surface area contributed by atoms with Crippen molar-refractivity contribution in [3.8, 4) is 0 Å². The number of carbonyl (C=O) groups is 1. The van der Waals surface area contributed by atoms with Crippen LogP contribution >= 0.6 is 11.8 Å². The van der Waals surface area contributed by atoms with E-state index in [4.69, 9.17) is 0 Å². The molecule has 2 N–H and O–H groups in total. The minimum atomic E-state index is -0.290. The summed E-state index contributed by atoms with van der Waals surface area (Å²) in [6, 6.07) is 18.8. The molecule has 0 aliphatic carbocycles. The molecule has 6 nitrogen and oxygen atoms in total. The number of benzene rings is 2. The molecule has 1 heterocycles. The molecule has 128 valence electrons. The average Bonchev–Trinajstić information content (AvgIpc) is 3.01. The number of hydrogen-bond acceptors (Lipinski definition) is 4. The number of hydrogen-bond donors (Lipinski definition) is 2. The number of H-pyrrole nitrogens is 1. The summed E-state index contributed by atoms with van der Waals surface area (Å²) in [6.45, 7) is 1.93. The van der Waals surface area contributed by atoms with Crippen LogP contribution in [0.5, 0.6) is 0 Å². The number of anilines is 1. The molecule has 0 radical (unpaired) electrons. The minimum absolute atomic E-state index is 0.148. The Kier molecular flexibility index (Phi) is 5.35. The fourth-order valence-electron chi connectivity index (χ4n) is 2.46. The molecule has 0 saturated carbocycles. The smallest absolute Gasteiger partial charge is 0.325 e. The quantitative estimate of drug-likeness (QED) is 0.667. The highest BCUT2D eigenvalue weighted by Crippen LogP contribution is 2.22. The van der Waals surface area contributed by atoms with Crippen molar-refractivity contribution in [2.45, 2.75) is 18.1 Å². The summed E-state index contributed by atoms with van der Waals surface area (Å²) >= 11 is 1.23. The molecular formula is C18H18N4O2S. The molecule has 0 bridgehead atoms. The Balaban J connectivity index is 1.70. The number of aromatic amines is 1. The molecule has 0 aliphatic rings. The van der Waals surface area contributed by atoms with Crippen LogP contribution in [0.2, 0.25) is 0 Å². The van der Waals surface area contributed by atoms with Crippen LogP contribution in [0.15, 0.2) is 70.6 Å². The number of rotatable bonds is 6. The number of nitrogens with one attached hydrogen (secondary N) is 2. The summed E-state index contributed by atoms with van der Waals surface area (Å²) in [7, 11) is 0. The average molecular weight is 354 g/mol. The molecule has 0 saturated heterocycles. The normalized spacial score (nSPS) is 11.9. The topological polar surface area (TPSA) is 79.8 Å². The number of aromatic nitrogens is 3. The zero-order valence-electron chi connectivity index (χ0n) is 13.7. The van der Waals surface area contributed by atoms with Gasteiger partial charge in [0.15, 0.2) is 5.16 Å². The lowest BCUT2D eigenvalue weighted by atomic mass is 10.1. The molecule has 25 heavy (non-hydrogen) atoms. The fraction of sp³-hybridized carbons (Fsp3) is 0.167. The zero-order valence-corrected chi connectivity index (χ0v) is 14.5. The zero-order chi connectivity index (χ0) is 17.6. The van der Waals surface area contributed by atoms with Gasteiger partial charge in [0.2, 0.25) is 5.91 Å². The van der Waals surface area contributed by atoms with E-state index in [1.165, 1.54) is 11.8 Å². The van der Waals surface area contributed by atoms with Gasteiger partial charge in [-0.3, -0.25) is 9.36 Å². The summed E-state index contributed by atoms with van der Waals surface area (Å²) in [4.78, 5) is 24.2. The highest BCUT2D eigenvalue weighted by Gasteiger charge is 2.17. The van der Waals surface area contributed by atoms with Gasteiger partial charge in [-0.2, -0.15) is 0 Å². The monoisotopic (exact) mass is 354 g/mol. The molecule has 3 rings (SSSR count). The third kappa shape index (κ3) is 4.19. The van der Waals surface area contributed by atoms with Gasteiger partial charge in [0.05, 0.1) is 11.8 Å². The van der Waals surface area contributed by atoms with Crippen LogP contribution in [0.4, 0.5) is 5.69 Å². The number of nitrogens with zero attached hydrogens (tertiary/aromatic N) is 2. The van der Waals surface area contributed by atoms with E-state index in [0.29, 0.717) is 5.16 Å². The Labute approximate surface area is 149 Å². The van der Waals surface area contributed by atoms with Crippen molar-refractivity contribution >= 4 is 23.4 Å². The Bertz CT molecular complexity index is 890. The maximum Gasteiger partial charge on any atom is 0.344 e. The highest BCUT2D eigenvalue weighted by molar-refractivity contribution is 7.99. The van der Waals surface area contributed by atoms with E-state index in [-0.39, 0.29) is 23.4 Å². The molecular weight excluding hydrogens is 336 g/mol. The van der Waals surface area contributed by atoms with E-state index in [9.17, 15) is 9.59 Å². The summed E-state index contributed by atoms with van der Waals surface area (Å²) in [5.41, 5.74) is 1.45. The molecule has 0 aliphatic heterocycles. The predicted molar refractivity (Wildman–Crippen MR) is 98.9 cm³/mol. The van der Waals surface area contributed by atoms with Gasteiger partial charge < -0.3 is 5.32 Å². The summed E-state index contributed by atoms with van der Waals surface area (Å²) in [5, 5.41) is 9.82. The van der Waals surface area contributed by atoms with Gasteiger partial charge in [0.1, 0.15) is 0 Å². The Hall–Kier alpha value is -2.80. The third-order valence-corrected chi connectivity index (χ3v) is 4.68. The lowest BCUT2D eigenvalue weighted by Crippen LogP contribution is -2.22. The maximum absolute atomic E-state index is 12.1. The van der Waals surface area contributed by atoms with Crippen LogP contribution in [-0.2, 0) is 4.79 Å². The van der Waals surface area contributed by atoms with E-state index < -0.39 is 0 Å². The third-order valence-electron chi connectivity index (χ3n) is 3.73. The lowest BCUT2D eigenvalue weighted by Gasteiger charge is -2.14. The predicted octanol–water partition coefficient (Wildman–Crippen LogP) is 2.91. The maximum atomic E-state index is 12.1. The van der Waals surface area contributed by atoms with Crippen LogP contribution < -0.4 is 11.0 Å². The molecule has 0 unspecified atom stereocenters. The minimum Gasteiger partial charge on any atom is -0.325 e. The first-order chi connectivity index (χ1) is 12.1. The first kappa shape index (κ1) is 17.0. The van der Waals surface area contributed by atoms with Crippen molar-refractivity contribution in [1.82, 2.24) is 14.8 Å². The van der Waals surface area contributed by atoms with Crippen molar-refractivity contribution in [3.63, 3.8) is 0 Å². The second-order valence-electron chi connectivity index (χ2n) is 5.47. The van der Waals surface area contributed by atoms with Crippen molar-refractivity contribution in [3.05, 3.63) is 76.7 Å². The number of amides is 1. The van der Waals surface area contributed by atoms with E-state index in [2.05, 4.69) is 15.5 Å². The van der Waals surface area contributed by atoms with Gasteiger partial charge >= 0.3 is 5.69 Å². The molecule has 1 aromatic heterocycles. The number of thioether (sulfide) groups is 1. The van der Waals surface area contributed by atoms with Gasteiger partial charge in [0.25, 0.3) is 0 Å². The van der Waals surface area contributed by atoms with Crippen molar-refractivity contribution < 1.29 is 4.79 Å². The lowest BCUT2D eigenvalue weighted by molar-refractivity contribution is -0.113. The van der Waals surface area contributed by atoms with Gasteiger partial charge in [-0.05, 0) is 24.6 Å². The van der Waals surface area contributed by atoms with Crippen LogP contribution in [-0.4, -0.2) is 26.4 Å². The molecule has 2 aromatic carbocycles. The summed E-state index contributed by atoms with van der Waals surface area (Å²) < 4.78 is 1.57.